The Kier molecular flexibility index (Phi) is 13.2. The maximum absolute atomic E-state index is 15.6. The molecule has 1 aliphatic rings. The zero-order valence-electron chi connectivity index (χ0n) is 25.6. The second-order valence-electron chi connectivity index (χ2n) is 12.1. The van der Waals surface area contributed by atoms with Gasteiger partial charge in [-0.25, -0.2) is 6.57 Å². The second kappa shape index (κ2) is 13.8. The van der Waals surface area contributed by atoms with Crippen molar-refractivity contribution in [3.63, 3.8) is 0 Å². The minimum Gasteiger partial charge on any atom is -0.409 e. The summed E-state index contributed by atoms with van der Waals surface area (Å²) >= 11 is 0. The molecule has 0 N–H and O–H groups in total. The lowest BCUT2D eigenvalue weighted by molar-refractivity contribution is -0.109. The Morgan fingerprint density at radius 2 is 1.75 bits per heavy atom. The van der Waals surface area contributed by atoms with Crippen LogP contribution in [0.4, 0.5) is 8.78 Å². The lowest BCUT2D eigenvalue weighted by atomic mass is 9.86. The van der Waals surface area contributed by atoms with E-state index in [9.17, 15) is 9.13 Å². The van der Waals surface area contributed by atoms with Gasteiger partial charge in [0.1, 0.15) is 33.3 Å². The molecule has 16 heteroatoms. The van der Waals surface area contributed by atoms with Crippen molar-refractivity contribution < 1.29 is 45.2 Å². The van der Waals surface area contributed by atoms with Crippen LogP contribution in [0.1, 0.15) is 40.5 Å². The van der Waals surface area contributed by atoms with Gasteiger partial charge < -0.3 is 36.7 Å². The van der Waals surface area contributed by atoms with Gasteiger partial charge in [-0.05, 0) is 51.1 Å². The van der Waals surface area contributed by atoms with Crippen LogP contribution in [0.15, 0.2) is 0 Å². The van der Waals surface area contributed by atoms with Gasteiger partial charge in [0.05, 0.1) is 19.1 Å². The molecule has 40 heavy (non-hydrogen) atoms. The summed E-state index contributed by atoms with van der Waals surface area (Å²) in [6.45, 7) is 22.2. The van der Waals surface area contributed by atoms with Gasteiger partial charge in [-0.15, -0.1) is 0 Å². The van der Waals surface area contributed by atoms with Crippen LogP contribution >= 0.6 is 22.1 Å². The van der Waals surface area contributed by atoms with Crippen LogP contribution in [-0.4, -0.2) is 105 Å². The fourth-order valence-corrected chi connectivity index (χ4v) is 8.59. The zero-order valence-corrected chi connectivity index (χ0v) is 29.3. The monoisotopic (exact) mass is 647 g/mol. The van der Waals surface area contributed by atoms with Gasteiger partial charge in [0.15, 0.2) is 15.7 Å². The van der Waals surface area contributed by atoms with Gasteiger partial charge in [0.25, 0.3) is 13.2 Å². The van der Waals surface area contributed by atoms with Crippen molar-refractivity contribution >= 4 is 44.5 Å². The predicted octanol–water partition coefficient (Wildman–Crippen LogP) is 6.74. The van der Waals surface area contributed by atoms with Crippen LogP contribution < -0.4 is 0 Å². The molecule has 0 aliphatic carbocycles. The highest BCUT2D eigenvalue weighted by molar-refractivity contribution is 7.63. The summed E-state index contributed by atoms with van der Waals surface area (Å²) in [6.07, 6.45) is 0.166. The number of hydrogen-bond donors (Lipinski definition) is 0. The van der Waals surface area contributed by atoms with Crippen molar-refractivity contribution in [3.8, 4) is 0 Å². The van der Waals surface area contributed by atoms with E-state index in [0.29, 0.717) is 0 Å². The standard InChI is InChI=1S/C24H47BF2NO8P3Si/c1-13-32-38(9,30)17-14-23(18-24(26,27)37(7,8)29)20(35-39(10,31-6)33-16-15-28-5)19(21(25)34-23)36-40(11,12)22(2,3)4/h19-21H,10,13-18H2,1-4,6-9,11-12H3/t19?,20-,21-,23-,38?,39?/m1/s1. The van der Waals surface area contributed by atoms with Crippen LogP contribution in [0.5, 0.6) is 0 Å². The normalized spacial score (nSPS) is 27.6. The van der Waals surface area contributed by atoms with Gasteiger partial charge in [-0.3, -0.25) is 4.57 Å². The molecule has 0 aromatic heterocycles. The van der Waals surface area contributed by atoms with E-state index in [-0.39, 0.29) is 37.4 Å². The Balaban J connectivity index is 3.81. The van der Waals surface area contributed by atoms with E-state index in [2.05, 4.69) is 11.1 Å². The fourth-order valence-electron chi connectivity index (χ4n) is 3.92. The van der Waals surface area contributed by atoms with E-state index < -0.39 is 66.3 Å². The van der Waals surface area contributed by atoms with Crippen LogP contribution in [0.25, 0.3) is 4.85 Å². The van der Waals surface area contributed by atoms with Crippen LogP contribution in [0.2, 0.25) is 18.1 Å². The maximum Gasteiger partial charge on any atom is 0.300 e. The molecule has 2 radical (unpaired) electrons. The van der Waals surface area contributed by atoms with E-state index in [1.165, 1.54) is 13.8 Å². The molecule has 1 rings (SSSR count). The summed E-state index contributed by atoms with van der Waals surface area (Å²) in [5.41, 5.74) is -5.60. The Bertz CT molecular complexity index is 1050. The third kappa shape index (κ3) is 9.84. The van der Waals surface area contributed by atoms with Gasteiger partial charge in [-0.2, -0.15) is 8.78 Å². The lowest BCUT2D eigenvalue weighted by Gasteiger charge is -2.43. The molecule has 1 saturated heterocycles. The Hall–Kier alpha value is 0.152. The summed E-state index contributed by atoms with van der Waals surface area (Å²) in [5.74, 6) is 0. The number of ether oxygens (including phenoxy) is 1. The van der Waals surface area contributed by atoms with E-state index in [1.54, 1.807) is 6.92 Å². The van der Waals surface area contributed by atoms with Crippen molar-refractivity contribution in [2.45, 2.75) is 88.1 Å². The number of alkyl halides is 2. The van der Waals surface area contributed by atoms with Crippen molar-refractivity contribution in [1.29, 1.82) is 0 Å². The van der Waals surface area contributed by atoms with Gasteiger partial charge >= 0.3 is 0 Å². The first-order valence-corrected chi connectivity index (χ1v) is 22.6. The number of halogens is 2. The number of hydrogen-bond acceptors (Lipinski definition) is 8. The smallest absolute Gasteiger partial charge is 0.300 e. The number of nitrogens with zero attached hydrogens (tertiary/aromatic N) is 1. The van der Waals surface area contributed by atoms with Gasteiger partial charge in [-0.1, -0.05) is 20.8 Å². The minimum atomic E-state index is -4.00. The average molecular weight is 647 g/mol. The molecule has 232 valence electrons. The predicted molar refractivity (Wildman–Crippen MR) is 162 cm³/mol. The van der Waals surface area contributed by atoms with Crippen LogP contribution in [-0.2, 0) is 36.4 Å². The van der Waals surface area contributed by atoms with Gasteiger partial charge in [0.2, 0.25) is 6.54 Å². The molecule has 1 aliphatic heterocycles. The molecular formula is C24H47BF2NO8P3Si. The minimum absolute atomic E-state index is 0.00000623. The molecular weight excluding hydrogens is 600 g/mol. The molecule has 1 heterocycles. The molecule has 6 atom stereocenters. The highest BCUT2D eigenvalue weighted by Crippen LogP contribution is 2.62. The Morgan fingerprint density at radius 3 is 2.20 bits per heavy atom. The van der Waals surface area contributed by atoms with Crippen molar-refractivity contribution in [3.05, 3.63) is 11.4 Å². The summed E-state index contributed by atoms with van der Waals surface area (Å²) in [4.78, 5) is 3.25. The van der Waals surface area contributed by atoms with E-state index in [0.717, 1.165) is 13.3 Å². The molecule has 0 saturated carbocycles. The molecule has 0 amide bonds. The van der Waals surface area contributed by atoms with E-state index >= 15 is 8.78 Å². The SMILES string of the molecule is [B][C@@H]1O[C@](CCP(C)(=O)OCC)(CC(F)(F)P(C)(C)=O)[C@H](OP(=C)(OC)OCC[N+]#[C-])C1O[Si](C)(C)C(C)(C)C. The summed E-state index contributed by atoms with van der Waals surface area (Å²) in [5, 5.41) is -0.285. The maximum atomic E-state index is 15.6. The molecule has 0 aromatic carbocycles. The van der Waals surface area contributed by atoms with Crippen molar-refractivity contribution in [1.82, 2.24) is 0 Å². The Morgan fingerprint density at radius 1 is 1.18 bits per heavy atom. The zero-order chi connectivity index (χ0) is 31.4. The molecule has 1 fully saturated rings. The number of rotatable bonds is 16. The third-order valence-electron chi connectivity index (χ3n) is 7.43. The lowest BCUT2D eigenvalue weighted by Crippen LogP contribution is -2.53. The highest BCUT2D eigenvalue weighted by Gasteiger charge is 2.63. The fraction of sp³-hybridized carbons (Fsp3) is 0.917. The quantitative estimate of drug-likeness (QED) is 0.0787. The topological polar surface area (TPSA) is 93.9 Å². The third-order valence-corrected chi connectivity index (χ3v) is 17.2. The van der Waals surface area contributed by atoms with Crippen LogP contribution in [0.3, 0.4) is 0 Å². The summed E-state index contributed by atoms with van der Waals surface area (Å²) in [6, 6.07) is -1.22. The molecule has 0 bridgehead atoms. The summed E-state index contributed by atoms with van der Waals surface area (Å²) < 4.78 is 92.9. The summed E-state index contributed by atoms with van der Waals surface area (Å²) in [7, 11) is -5.54. The first kappa shape index (κ1) is 38.2. The van der Waals surface area contributed by atoms with Crippen molar-refractivity contribution in [2.24, 2.45) is 0 Å². The molecule has 0 aromatic rings. The molecule has 9 nitrogen and oxygen atoms in total. The molecule has 0 spiro atoms. The second-order valence-corrected chi connectivity index (χ2v) is 25.0. The van der Waals surface area contributed by atoms with E-state index in [1.807, 2.05) is 33.9 Å². The van der Waals surface area contributed by atoms with Gasteiger partial charge in [0, 0.05) is 25.9 Å². The van der Waals surface area contributed by atoms with E-state index in [4.69, 9.17) is 41.7 Å². The highest BCUT2D eigenvalue weighted by atomic mass is 31.2. The van der Waals surface area contributed by atoms with Crippen LogP contribution in [0, 0.1) is 6.57 Å². The molecule has 3 unspecified atom stereocenters. The average Bonchev–Trinajstić information content (AvgIpc) is 3.01. The van der Waals surface area contributed by atoms with Crippen molar-refractivity contribution in [2.75, 3.05) is 53.0 Å². The Labute approximate surface area is 242 Å². The first-order valence-electron chi connectivity index (χ1n) is 13.1. The largest absolute Gasteiger partial charge is 0.409 e. The first-order chi connectivity index (χ1) is 17.9.